The molecule has 2 fully saturated rings. The van der Waals surface area contributed by atoms with E-state index in [9.17, 15) is 15.0 Å². The van der Waals surface area contributed by atoms with Crippen LogP contribution in [-0.2, 0) is 9.53 Å². The SMILES string of the molecule is C[C@H]1[C@H](O)[C@H](O)[C@@H]2CC(=O)OC[C@H]12. The van der Waals surface area contributed by atoms with E-state index in [0.29, 0.717) is 6.61 Å². The summed E-state index contributed by atoms with van der Waals surface area (Å²) in [6.45, 7) is 2.23. The van der Waals surface area contributed by atoms with Crippen LogP contribution in [0.15, 0.2) is 0 Å². The predicted molar refractivity (Wildman–Crippen MR) is 43.7 cm³/mol. The molecule has 0 aromatic heterocycles. The molecule has 2 rings (SSSR count). The normalized spacial score (nSPS) is 50.1. The molecule has 0 spiro atoms. The van der Waals surface area contributed by atoms with E-state index in [-0.39, 0.29) is 30.1 Å². The van der Waals surface area contributed by atoms with Crippen LogP contribution in [0.3, 0.4) is 0 Å². The van der Waals surface area contributed by atoms with Gasteiger partial charge in [-0.05, 0) is 5.92 Å². The lowest BCUT2D eigenvalue weighted by atomic mass is 9.87. The Morgan fingerprint density at radius 2 is 2.00 bits per heavy atom. The van der Waals surface area contributed by atoms with E-state index < -0.39 is 12.2 Å². The minimum absolute atomic E-state index is 0.0214. The van der Waals surface area contributed by atoms with Gasteiger partial charge < -0.3 is 14.9 Å². The minimum atomic E-state index is -0.757. The van der Waals surface area contributed by atoms with Crippen LogP contribution in [0.5, 0.6) is 0 Å². The zero-order valence-electron chi connectivity index (χ0n) is 7.51. The van der Waals surface area contributed by atoms with Crippen LogP contribution in [0.25, 0.3) is 0 Å². The van der Waals surface area contributed by atoms with Gasteiger partial charge >= 0.3 is 5.97 Å². The zero-order chi connectivity index (χ0) is 9.59. The van der Waals surface area contributed by atoms with Crippen LogP contribution < -0.4 is 0 Å². The highest BCUT2D eigenvalue weighted by Gasteiger charge is 2.50. The van der Waals surface area contributed by atoms with Gasteiger partial charge in [0.25, 0.3) is 0 Å². The van der Waals surface area contributed by atoms with Crippen LogP contribution in [-0.4, -0.2) is 35.0 Å². The van der Waals surface area contributed by atoms with E-state index in [0.717, 1.165) is 0 Å². The van der Waals surface area contributed by atoms with Crippen molar-refractivity contribution in [1.29, 1.82) is 0 Å². The first kappa shape index (κ1) is 8.97. The van der Waals surface area contributed by atoms with Crippen molar-refractivity contribution >= 4 is 5.97 Å². The summed E-state index contributed by atoms with van der Waals surface area (Å²) in [5.74, 6) is -0.219. The molecule has 1 heterocycles. The number of rotatable bonds is 0. The summed E-state index contributed by atoms with van der Waals surface area (Å²) in [4.78, 5) is 10.9. The topological polar surface area (TPSA) is 66.8 Å². The summed E-state index contributed by atoms with van der Waals surface area (Å²) in [5.41, 5.74) is 0. The largest absolute Gasteiger partial charge is 0.465 e. The average Bonchev–Trinajstić information content (AvgIpc) is 2.32. The van der Waals surface area contributed by atoms with Crippen LogP contribution in [0.4, 0.5) is 0 Å². The molecule has 1 saturated heterocycles. The Hall–Kier alpha value is -0.610. The maximum absolute atomic E-state index is 10.9. The molecular weight excluding hydrogens is 172 g/mol. The number of aliphatic hydroxyl groups excluding tert-OH is 2. The molecule has 0 amide bonds. The molecule has 0 aromatic rings. The van der Waals surface area contributed by atoms with Gasteiger partial charge in [0.2, 0.25) is 0 Å². The van der Waals surface area contributed by atoms with Gasteiger partial charge in [-0.3, -0.25) is 4.79 Å². The molecule has 4 heteroatoms. The van der Waals surface area contributed by atoms with Gasteiger partial charge in [-0.2, -0.15) is 0 Å². The van der Waals surface area contributed by atoms with Crippen molar-refractivity contribution in [2.45, 2.75) is 25.6 Å². The summed E-state index contributed by atoms with van der Waals surface area (Å²) in [5, 5.41) is 19.2. The number of aliphatic hydroxyl groups is 2. The predicted octanol–water partition coefficient (Wildman–Crippen LogP) is -0.463. The van der Waals surface area contributed by atoms with Gasteiger partial charge in [0, 0.05) is 11.8 Å². The van der Waals surface area contributed by atoms with Crippen molar-refractivity contribution in [2.75, 3.05) is 6.61 Å². The molecule has 74 valence electrons. The first-order chi connectivity index (χ1) is 6.11. The molecule has 1 aliphatic carbocycles. The van der Waals surface area contributed by atoms with Crippen molar-refractivity contribution in [3.05, 3.63) is 0 Å². The third-order valence-electron chi connectivity index (χ3n) is 3.39. The molecule has 5 atom stereocenters. The van der Waals surface area contributed by atoms with Crippen molar-refractivity contribution in [3.63, 3.8) is 0 Å². The fraction of sp³-hybridized carbons (Fsp3) is 0.889. The van der Waals surface area contributed by atoms with E-state index >= 15 is 0 Å². The summed E-state index contributed by atoms with van der Waals surface area (Å²) in [6, 6.07) is 0. The lowest BCUT2D eigenvalue weighted by Crippen LogP contribution is -2.33. The van der Waals surface area contributed by atoms with Crippen LogP contribution >= 0.6 is 0 Å². The van der Waals surface area contributed by atoms with Gasteiger partial charge in [-0.1, -0.05) is 6.92 Å². The van der Waals surface area contributed by atoms with Gasteiger partial charge in [-0.15, -0.1) is 0 Å². The van der Waals surface area contributed by atoms with Crippen molar-refractivity contribution in [3.8, 4) is 0 Å². The molecule has 0 bridgehead atoms. The van der Waals surface area contributed by atoms with Crippen molar-refractivity contribution in [2.24, 2.45) is 17.8 Å². The van der Waals surface area contributed by atoms with Crippen LogP contribution in [0.2, 0.25) is 0 Å². The number of cyclic esters (lactones) is 1. The molecule has 0 aromatic carbocycles. The third kappa shape index (κ3) is 1.25. The van der Waals surface area contributed by atoms with Gasteiger partial charge in [0.05, 0.1) is 25.2 Å². The average molecular weight is 186 g/mol. The van der Waals surface area contributed by atoms with Crippen molar-refractivity contribution < 1.29 is 19.7 Å². The highest BCUT2D eigenvalue weighted by molar-refractivity contribution is 5.70. The molecule has 13 heavy (non-hydrogen) atoms. The standard InChI is InChI=1S/C9H14O4/c1-4-6-3-13-7(10)2-5(6)9(12)8(4)11/h4-6,8-9,11-12H,2-3H2,1H3/t4-,5-,6-,8+,9-/m1/s1. The Labute approximate surface area is 76.5 Å². The Bertz CT molecular complexity index is 228. The van der Waals surface area contributed by atoms with Gasteiger partial charge in [-0.25, -0.2) is 0 Å². The zero-order valence-corrected chi connectivity index (χ0v) is 7.51. The van der Waals surface area contributed by atoms with E-state index in [1.165, 1.54) is 0 Å². The van der Waals surface area contributed by atoms with E-state index in [1.54, 1.807) is 0 Å². The number of fused-ring (bicyclic) bond motifs is 1. The second kappa shape index (κ2) is 2.96. The summed E-state index contributed by atoms with van der Waals surface area (Å²) >= 11 is 0. The smallest absolute Gasteiger partial charge is 0.306 e. The van der Waals surface area contributed by atoms with E-state index in [4.69, 9.17) is 4.74 Å². The monoisotopic (exact) mass is 186 g/mol. The van der Waals surface area contributed by atoms with E-state index in [1.807, 2.05) is 6.92 Å². The Kier molecular flexibility index (Phi) is 2.04. The molecule has 2 N–H and O–H groups in total. The molecule has 0 radical (unpaired) electrons. The molecule has 1 saturated carbocycles. The summed E-state index contributed by atoms with van der Waals surface area (Å²) in [6.07, 6.45) is -1.22. The third-order valence-corrected chi connectivity index (χ3v) is 3.39. The first-order valence-electron chi connectivity index (χ1n) is 4.63. The van der Waals surface area contributed by atoms with Crippen molar-refractivity contribution in [1.82, 2.24) is 0 Å². The number of hydrogen-bond acceptors (Lipinski definition) is 4. The fourth-order valence-corrected chi connectivity index (χ4v) is 2.45. The molecule has 4 nitrogen and oxygen atoms in total. The molecule has 2 aliphatic rings. The second-order valence-electron chi connectivity index (χ2n) is 4.06. The number of carbonyl (C=O) groups is 1. The summed E-state index contributed by atoms with van der Waals surface area (Å²) < 4.78 is 4.90. The highest BCUT2D eigenvalue weighted by atomic mass is 16.5. The Balaban J connectivity index is 2.17. The van der Waals surface area contributed by atoms with E-state index in [2.05, 4.69) is 0 Å². The molecule has 0 unspecified atom stereocenters. The summed E-state index contributed by atoms with van der Waals surface area (Å²) in [7, 11) is 0. The number of carbonyl (C=O) groups excluding carboxylic acids is 1. The van der Waals surface area contributed by atoms with Crippen LogP contribution in [0.1, 0.15) is 13.3 Å². The second-order valence-corrected chi connectivity index (χ2v) is 4.06. The first-order valence-corrected chi connectivity index (χ1v) is 4.63. The fourth-order valence-electron chi connectivity index (χ4n) is 2.45. The maximum atomic E-state index is 10.9. The Morgan fingerprint density at radius 3 is 2.69 bits per heavy atom. The minimum Gasteiger partial charge on any atom is -0.465 e. The van der Waals surface area contributed by atoms with Gasteiger partial charge in [0.1, 0.15) is 0 Å². The lowest BCUT2D eigenvalue weighted by Gasteiger charge is -2.27. The molecular formula is C9H14O4. The van der Waals surface area contributed by atoms with Gasteiger partial charge in [0.15, 0.2) is 0 Å². The highest BCUT2D eigenvalue weighted by Crippen LogP contribution is 2.41. The molecule has 1 aliphatic heterocycles. The quantitative estimate of drug-likeness (QED) is 0.502. The Morgan fingerprint density at radius 1 is 1.31 bits per heavy atom. The van der Waals surface area contributed by atoms with Crippen LogP contribution in [0, 0.1) is 17.8 Å². The number of ether oxygens (including phenoxy) is 1. The lowest BCUT2D eigenvalue weighted by molar-refractivity contribution is -0.154. The number of esters is 1. The maximum Gasteiger partial charge on any atom is 0.306 e. The number of hydrogen-bond donors (Lipinski definition) is 2.